The van der Waals surface area contributed by atoms with Crippen molar-refractivity contribution < 1.29 is 4.79 Å². The highest BCUT2D eigenvalue weighted by atomic mass is 16.1. The van der Waals surface area contributed by atoms with E-state index in [1.54, 1.807) is 12.3 Å². The van der Waals surface area contributed by atoms with E-state index in [2.05, 4.69) is 41.6 Å². The second-order valence-electron chi connectivity index (χ2n) is 5.08. The van der Waals surface area contributed by atoms with Gasteiger partial charge in [0.05, 0.1) is 11.9 Å². The van der Waals surface area contributed by atoms with Crippen LogP contribution < -0.4 is 10.6 Å². The predicted molar refractivity (Wildman–Crippen MR) is 86.1 cm³/mol. The number of benzene rings is 1. The Morgan fingerprint density at radius 2 is 1.86 bits per heavy atom. The first kappa shape index (κ1) is 15.0. The van der Waals surface area contributed by atoms with Gasteiger partial charge in [-0.15, -0.1) is 0 Å². The summed E-state index contributed by atoms with van der Waals surface area (Å²) in [6.45, 7) is 6.82. The number of aryl methyl sites for hydroxylation is 2. The molecule has 110 valence electrons. The molecule has 0 aliphatic rings. The maximum atomic E-state index is 11.8. The van der Waals surface area contributed by atoms with Crippen LogP contribution in [0.3, 0.4) is 0 Å². The first-order chi connectivity index (χ1) is 10.1. The summed E-state index contributed by atoms with van der Waals surface area (Å²) >= 11 is 0. The van der Waals surface area contributed by atoms with Gasteiger partial charge in [-0.3, -0.25) is 4.79 Å². The topological polar surface area (TPSA) is 54.0 Å². The van der Waals surface area contributed by atoms with E-state index < -0.39 is 0 Å². The van der Waals surface area contributed by atoms with Gasteiger partial charge >= 0.3 is 0 Å². The van der Waals surface area contributed by atoms with E-state index in [9.17, 15) is 4.79 Å². The second-order valence-corrected chi connectivity index (χ2v) is 5.08. The van der Waals surface area contributed by atoms with Crippen molar-refractivity contribution in [3.8, 4) is 0 Å². The minimum atomic E-state index is -0.129. The molecule has 4 heteroatoms. The molecule has 1 aromatic heterocycles. The molecule has 0 radical (unpaired) electrons. The van der Waals surface area contributed by atoms with Gasteiger partial charge in [-0.05, 0) is 43.5 Å². The van der Waals surface area contributed by atoms with Gasteiger partial charge in [-0.2, -0.15) is 0 Å². The lowest BCUT2D eigenvalue weighted by Gasteiger charge is -2.12. The van der Waals surface area contributed by atoms with Crippen LogP contribution in [0.5, 0.6) is 0 Å². The number of aromatic nitrogens is 1. The standard InChI is InChI=1S/C17H21N3O/c1-4-10-18-17(21)15-9-8-14(11-19-15)20-16-12(2)6-5-7-13(16)3/h5-9,11,20H,4,10H2,1-3H3,(H,18,21). The Bertz CT molecular complexity index is 600. The van der Waals surface area contributed by atoms with Crippen molar-refractivity contribution in [1.29, 1.82) is 0 Å². The lowest BCUT2D eigenvalue weighted by Crippen LogP contribution is -2.24. The maximum Gasteiger partial charge on any atom is 0.269 e. The van der Waals surface area contributed by atoms with E-state index in [0.29, 0.717) is 12.2 Å². The number of pyridine rings is 1. The Hall–Kier alpha value is -2.36. The van der Waals surface area contributed by atoms with E-state index in [1.165, 1.54) is 11.1 Å². The van der Waals surface area contributed by atoms with Crippen molar-refractivity contribution in [3.05, 3.63) is 53.3 Å². The molecule has 4 nitrogen and oxygen atoms in total. The lowest BCUT2D eigenvalue weighted by atomic mass is 10.1. The average Bonchev–Trinajstić information content (AvgIpc) is 2.49. The minimum Gasteiger partial charge on any atom is -0.354 e. The summed E-state index contributed by atoms with van der Waals surface area (Å²) in [6.07, 6.45) is 2.60. The molecule has 1 aromatic carbocycles. The van der Waals surface area contributed by atoms with Gasteiger partial charge in [-0.1, -0.05) is 25.1 Å². The molecular formula is C17H21N3O. The molecule has 1 amide bonds. The molecule has 2 N–H and O–H groups in total. The fourth-order valence-electron chi connectivity index (χ4n) is 2.09. The van der Waals surface area contributed by atoms with Crippen LogP contribution in [0.15, 0.2) is 36.5 Å². The third kappa shape index (κ3) is 3.81. The van der Waals surface area contributed by atoms with Crippen LogP contribution in [0.2, 0.25) is 0 Å². The Morgan fingerprint density at radius 3 is 2.43 bits per heavy atom. The number of nitrogens with zero attached hydrogens (tertiary/aromatic N) is 1. The Morgan fingerprint density at radius 1 is 1.14 bits per heavy atom. The number of anilines is 2. The van der Waals surface area contributed by atoms with E-state index in [4.69, 9.17) is 0 Å². The molecule has 2 aromatic rings. The molecule has 0 saturated heterocycles. The molecular weight excluding hydrogens is 262 g/mol. The van der Waals surface area contributed by atoms with Gasteiger partial charge in [0, 0.05) is 12.2 Å². The van der Waals surface area contributed by atoms with Crippen LogP contribution in [0.25, 0.3) is 0 Å². The van der Waals surface area contributed by atoms with Crippen LogP contribution in [0.1, 0.15) is 35.0 Å². The Labute approximate surface area is 125 Å². The van der Waals surface area contributed by atoms with Gasteiger partial charge < -0.3 is 10.6 Å². The first-order valence-electron chi connectivity index (χ1n) is 7.19. The quantitative estimate of drug-likeness (QED) is 0.881. The number of hydrogen-bond donors (Lipinski definition) is 2. The first-order valence-corrected chi connectivity index (χ1v) is 7.19. The molecule has 0 aliphatic heterocycles. The summed E-state index contributed by atoms with van der Waals surface area (Å²) in [5.74, 6) is -0.129. The molecule has 0 spiro atoms. The van der Waals surface area contributed by atoms with Crippen LogP contribution in [-0.2, 0) is 0 Å². The van der Waals surface area contributed by atoms with E-state index in [0.717, 1.165) is 17.8 Å². The summed E-state index contributed by atoms with van der Waals surface area (Å²) in [5, 5.41) is 6.17. The number of carbonyl (C=O) groups is 1. The summed E-state index contributed by atoms with van der Waals surface area (Å²) in [6, 6.07) is 9.78. The van der Waals surface area contributed by atoms with Gasteiger partial charge in [0.25, 0.3) is 5.91 Å². The highest BCUT2D eigenvalue weighted by molar-refractivity contribution is 5.92. The van der Waals surface area contributed by atoms with Crippen molar-refractivity contribution >= 4 is 17.3 Å². The van der Waals surface area contributed by atoms with E-state index >= 15 is 0 Å². The fraction of sp³-hybridized carbons (Fsp3) is 0.294. The van der Waals surface area contributed by atoms with Gasteiger partial charge in [0.1, 0.15) is 5.69 Å². The number of nitrogens with one attached hydrogen (secondary N) is 2. The largest absolute Gasteiger partial charge is 0.354 e. The normalized spacial score (nSPS) is 10.2. The Balaban J connectivity index is 2.11. The lowest BCUT2D eigenvalue weighted by molar-refractivity contribution is 0.0949. The van der Waals surface area contributed by atoms with Crippen LogP contribution >= 0.6 is 0 Å². The van der Waals surface area contributed by atoms with Crippen molar-refractivity contribution in [2.75, 3.05) is 11.9 Å². The number of rotatable bonds is 5. The maximum absolute atomic E-state index is 11.8. The zero-order chi connectivity index (χ0) is 15.2. The summed E-state index contributed by atoms with van der Waals surface area (Å²) in [4.78, 5) is 16.0. The number of para-hydroxylation sites is 1. The molecule has 0 bridgehead atoms. The molecule has 0 aliphatic carbocycles. The SMILES string of the molecule is CCCNC(=O)c1ccc(Nc2c(C)cccc2C)cn1. The van der Waals surface area contributed by atoms with Crippen molar-refractivity contribution in [2.45, 2.75) is 27.2 Å². The zero-order valence-electron chi connectivity index (χ0n) is 12.7. The van der Waals surface area contributed by atoms with E-state index in [1.807, 2.05) is 19.1 Å². The fourth-order valence-corrected chi connectivity index (χ4v) is 2.09. The van der Waals surface area contributed by atoms with Crippen molar-refractivity contribution in [2.24, 2.45) is 0 Å². The number of hydrogen-bond acceptors (Lipinski definition) is 3. The second kappa shape index (κ2) is 6.88. The summed E-state index contributed by atoms with van der Waals surface area (Å²) < 4.78 is 0. The third-order valence-electron chi connectivity index (χ3n) is 3.28. The van der Waals surface area contributed by atoms with Crippen molar-refractivity contribution in [1.82, 2.24) is 10.3 Å². The van der Waals surface area contributed by atoms with Crippen LogP contribution in [-0.4, -0.2) is 17.4 Å². The average molecular weight is 283 g/mol. The predicted octanol–water partition coefficient (Wildman–Crippen LogP) is 3.58. The number of amides is 1. The smallest absolute Gasteiger partial charge is 0.269 e. The van der Waals surface area contributed by atoms with Gasteiger partial charge in [-0.25, -0.2) is 4.98 Å². The highest BCUT2D eigenvalue weighted by Gasteiger charge is 2.07. The molecule has 0 fully saturated rings. The third-order valence-corrected chi connectivity index (χ3v) is 3.28. The van der Waals surface area contributed by atoms with Crippen molar-refractivity contribution in [3.63, 3.8) is 0 Å². The molecule has 1 heterocycles. The molecule has 0 unspecified atom stereocenters. The van der Waals surface area contributed by atoms with Crippen LogP contribution in [0, 0.1) is 13.8 Å². The summed E-state index contributed by atoms with van der Waals surface area (Å²) in [5.41, 5.74) is 4.76. The molecule has 21 heavy (non-hydrogen) atoms. The van der Waals surface area contributed by atoms with Gasteiger partial charge in [0.2, 0.25) is 0 Å². The monoisotopic (exact) mass is 283 g/mol. The number of carbonyl (C=O) groups excluding carboxylic acids is 1. The highest BCUT2D eigenvalue weighted by Crippen LogP contribution is 2.23. The minimum absolute atomic E-state index is 0.129. The molecule has 0 saturated carbocycles. The molecule has 0 atom stereocenters. The summed E-state index contributed by atoms with van der Waals surface area (Å²) in [7, 11) is 0. The molecule has 2 rings (SSSR count). The van der Waals surface area contributed by atoms with Gasteiger partial charge in [0.15, 0.2) is 0 Å². The zero-order valence-corrected chi connectivity index (χ0v) is 12.7. The van der Waals surface area contributed by atoms with E-state index in [-0.39, 0.29) is 5.91 Å². The Kier molecular flexibility index (Phi) is 4.93. The van der Waals surface area contributed by atoms with Crippen LogP contribution in [0.4, 0.5) is 11.4 Å².